The third kappa shape index (κ3) is 4.52. The van der Waals surface area contributed by atoms with Gasteiger partial charge < -0.3 is 4.74 Å². The Bertz CT molecular complexity index is 1270. The number of carbonyl (C=O) groups is 1. The van der Waals surface area contributed by atoms with Crippen LogP contribution in [0.1, 0.15) is 57.9 Å². The van der Waals surface area contributed by atoms with Gasteiger partial charge in [0.05, 0.1) is 6.61 Å². The molecule has 0 saturated carbocycles. The molecule has 0 fully saturated rings. The molecule has 3 heteroatoms. The van der Waals surface area contributed by atoms with Crippen molar-refractivity contribution in [2.75, 3.05) is 0 Å². The zero-order chi connectivity index (χ0) is 24.1. The minimum atomic E-state index is -1.01. The van der Waals surface area contributed by atoms with E-state index in [9.17, 15) is 4.79 Å². The van der Waals surface area contributed by atoms with Gasteiger partial charge in [-0.3, -0.25) is 9.69 Å². The molecule has 0 radical (unpaired) electrons. The van der Waals surface area contributed by atoms with Crippen molar-refractivity contribution in [1.29, 1.82) is 0 Å². The van der Waals surface area contributed by atoms with Crippen LogP contribution in [0.4, 0.5) is 0 Å². The van der Waals surface area contributed by atoms with E-state index in [0.29, 0.717) is 18.7 Å². The summed E-state index contributed by atoms with van der Waals surface area (Å²) in [6, 6.07) is 36.8. The molecule has 1 amide bonds. The van der Waals surface area contributed by atoms with Gasteiger partial charge in [-0.1, -0.05) is 116 Å². The molecule has 0 bridgehead atoms. The third-order valence-corrected chi connectivity index (χ3v) is 6.79. The summed E-state index contributed by atoms with van der Waals surface area (Å²) in [6.45, 7) is 3.07. The Balaban J connectivity index is 1.56. The molecule has 1 aliphatic heterocycles. The molecule has 3 nitrogen and oxygen atoms in total. The first kappa shape index (κ1) is 23.1. The van der Waals surface area contributed by atoms with Crippen molar-refractivity contribution < 1.29 is 9.53 Å². The summed E-state index contributed by atoms with van der Waals surface area (Å²) in [7, 11) is 0. The molecule has 176 valence electrons. The maximum atomic E-state index is 13.8. The van der Waals surface area contributed by atoms with E-state index in [2.05, 4.69) is 55.5 Å². The van der Waals surface area contributed by atoms with Crippen molar-refractivity contribution in [3.63, 3.8) is 0 Å². The van der Waals surface area contributed by atoms with Crippen molar-refractivity contribution in [1.82, 2.24) is 4.90 Å². The van der Waals surface area contributed by atoms with Crippen LogP contribution in [0.5, 0.6) is 0 Å². The van der Waals surface area contributed by atoms with Crippen LogP contribution in [0.25, 0.3) is 0 Å². The Kier molecular flexibility index (Phi) is 6.78. The lowest BCUT2D eigenvalue weighted by Crippen LogP contribution is -2.46. The van der Waals surface area contributed by atoms with Gasteiger partial charge in [-0.15, -0.1) is 0 Å². The minimum absolute atomic E-state index is 0.0109. The summed E-state index contributed by atoms with van der Waals surface area (Å²) in [5.41, 5.74) is 5.05. The largest absolute Gasteiger partial charge is 0.342 e. The molecule has 0 N–H and O–H groups in total. The first-order valence-electron chi connectivity index (χ1n) is 12.4. The molecular formula is C32H31NO2. The van der Waals surface area contributed by atoms with Gasteiger partial charge in [-0.25, -0.2) is 0 Å². The third-order valence-electron chi connectivity index (χ3n) is 6.79. The van der Waals surface area contributed by atoms with Crippen molar-refractivity contribution in [2.24, 2.45) is 0 Å². The van der Waals surface area contributed by atoms with Gasteiger partial charge in [0.1, 0.15) is 0 Å². The van der Waals surface area contributed by atoms with E-state index in [0.717, 1.165) is 28.7 Å². The number of hydrogen-bond donors (Lipinski definition) is 0. The van der Waals surface area contributed by atoms with Crippen molar-refractivity contribution >= 4 is 5.91 Å². The first-order chi connectivity index (χ1) is 17.2. The molecule has 0 aliphatic carbocycles. The van der Waals surface area contributed by atoms with Crippen LogP contribution in [0, 0.1) is 0 Å². The number of amides is 1. The highest BCUT2D eigenvalue weighted by Crippen LogP contribution is 2.46. The molecule has 1 unspecified atom stereocenters. The molecule has 1 aliphatic rings. The Labute approximate surface area is 208 Å². The number of carbonyl (C=O) groups excluding carboxylic acids is 1. The van der Waals surface area contributed by atoms with Crippen LogP contribution in [0.3, 0.4) is 0 Å². The number of hydrogen-bond acceptors (Lipinski definition) is 2. The van der Waals surface area contributed by atoms with E-state index >= 15 is 0 Å². The fourth-order valence-corrected chi connectivity index (χ4v) is 4.93. The molecule has 5 rings (SSSR count). The van der Waals surface area contributed by atoms with E-state index in [1.807, 2.05) is 65.6 Å². The minimum Gasteiger partial charge on any atom is -0.342 e. The fraction of sp³-hybridized carbons (Fsp3) is 0.219. The Hall–Kier alpha value is -3.69. The number of unbranched alkanes of at least 4 members (excludes halogenated alkanes) is 1. The zero-order valence-corrected chi connectivity index (χ0v) is 20.2. The summed E-state index contributed by atoms with van der Waals surface area (Å²) in [4.78, 5) is 15.7. The lowest BCUT2D eigenvalue weighted by Gasteiger charge is -2.39. The first-order valence-corrected chi connectivity index (χ1v) is 12.4. The van der Waals surface area contributed by atoms with Gasteiger partial charge in [0, 0.05) is 23.2 Å². The lowest BCUT2D eigenvalue weighted by molar-refractivity contribution is -0.120. The molecule has 0 saturated heterocycles. The Morgan fingerprint density at radius 3 is 2.06 bits per heavy atom. The van der Waals surface area contributed by atoms with Crippen molar-refractivity contribution in [2.45, 2.75) is 45.1 Å². The van der Waals surface area contributed by atoms with Crippen LogP contribution < -0.4 is 0 Å². The highest BCUT2D eigenvalue weighted by Gasteiger charge is 2.52. The van der Waals surface area contributed by atoms with Crippen molar-refractivity contribution in [3.8, 4) is 0 Å². The maximum absolute atomic E-state index is 13.8. The summed E-state index contributed by atoms with van der Waals surface area (Å²) in [5, 5.41) is 0. The lowest BCUT2D eigenvalue weighted by atomic mass is 9.93. The van der Waals surface area contributed by atoms with Gasteiger partial charge >= 0.3 is 0 Å². The van der Waals surface area contributed by atoms with Gasteiger partial charge in [-0.2, -0.15) is 0 Å². The van der Waals surface area contributed by atoms with E-state index in [1.165, 1.54) is 18.4 Å². The number of aryl methyl sites for hydroxylation is 1. The quantitative estimate of drug-likeness (QED) is 0.266. The van der Waals surface area contributed by atoms with Gasteiger partial charge in [0.25, 0.3) is 5.91 Å². The van der Waals surface area contributed by atoms with Crippen LogP contribution in [-0.4, -0.2) is 10.8 Å². The van der Waals surface area contributed by atoms with Gasteiger partial charge in [0.15, 0.2) is 5.72 Å². The number of nitrogens with zero attached hydrogens (tertiary/aromatic N) is 1. The van der Waals surface area contributed by atoms with E-state index in [4.69, 9.17) is 4.74 Å². The highest BCUT2D eigenvalue weighted by atomic mass is 16.5. The van der Waals surface area contributed by atoms with Crippen molar-refractivity contribution in [3.05, 3.63) is 143 Å². The second kappa shape index (κ2) is 10.3. The average Bonchev–Trinajstić information content (AvgIpc) is 3.16. The molecule has 35 heavy (non-hydrogen) atoms. The molecule has 0 spiro atoms. The monoisotopic (exact) mass is 461 g/mol. The van der Waals surface area contributed by atoms with Crippen LogP contribution in [0.2, 0.25) is 0 Å². The molecule has 4 aromatic rings. The number of rotatable bonds is 9. The summed E-state index contributed by atoms with van der Waals surface area (Å²) < 4.78 is 6.87. The fourth-order valence-electron chi connectivity index (χ4n) is 4.93. The molecule has 1 atom stereocenters. The Morgan fingerprint density at radius 1 is 0.714 bits per heavy atom. The summed E-state index contributed by atoms with van der Waals surface area (Å²) in [6.07, 6.45) is 3.48. The SMILES string of the molecule is CCCCc1ccc(COC2(c3ccccc3)c3ccccc3C(=O)N2Cc2ccccc2)cc1. The van der Waals surface area contributed by atoms with E-state index < -0.39 is 5.72 Å². The summed E-state index contributed by atoms with van der Waals surface area (Å²) in [5.74, 6) is -0.0109. The molecule has 0 aromatic heterocycles. The predicted octanol–water partition coefficient (Wildman–Crippen LogP) is 7.10. The molecular weight excluding hydrogens is 430 g/mol. The summed E-state index contributed by atoms with van der Waals surface area (Å²) >= 11 is 0. The second-order valence-corrected chi connectivity index (χ2v) is 9.14. The smallest absolute Gasteiger partial charge is 0.257 e. The van der Waals surface area contributed by atoms with Gasteiger partial charge in [0.2, 0.25) is 0 Å². The van der Waals surface area contributed by atoms with Crippen LogP contribution >= 0.6 is 0 Å². The van der Waals surface area contributed by atoms with Crippen LogP contribution in [-0.2, 0) is 30.0 Å². The number of fused-ring (bicyclic) bond motifs is 1. The number of ether oxygens (including phenoxy) is 1. The maximum Gasteiger partial charge on any atom is 0.257 e. The average molecular weight is 462 g/mol. The van der Waals surface area contributed by atoms with E-state index in [1.54, 1.807) is 0 Å². The number of benzene rings is 4. The highest BCUT2D eigenvalue weighted by molar-refractivity contribution is 6.00. The Morgan fingerprint density at radius 2 is 1.34 bits per heavy atom. The second-order valence-electron chi connectivity index (χ2n) is 9.14. The van der Waals surface area contributed by atoms with Gasteiger partial charge in [-0.05, 0) is 35.6 Å². The van der Waals surface area contributed by atoms with Crippen LogP contribution in [0.15, 0.2) is 109 Å². The zero-order valence-electron chi connectivity index (χ0n) is 20.2. The molecule has 4 aromatic carbocycles. The molecule has 1 heterocycles. The normalized spacial score (nSPS) is 16.9. The van der Waals surface area contributed by atoms with E-state index in [-0.39, 0.29) is 5.91 Å². The standard InChI is InChI=1S/C32H31NO2/c1-2-3-12-25-19-21-27(22-20-25)24-35-32(28-15-8-5-9-16-28)30-18-11-10-17-29(30)31(34)33(32)23-26-13-6-4-7-14-26/h4-11,13-22H,2-3,12,23-24H2,1H3. The topological polar surface area (TPSA) is 29.5 Å². The predicted molar refractivity (Wildman–Crippen MR) is 140 cm³/mol.